The second-order valence-electron chi connectivity index (χ2n) is 6.95. The summed E-state index contributed by atoms with van der Waals surface area (Å²) in [5.41, 5.74) is 1.07. The van der Waals surface area contributed by atoms with Crippen LogP contribution in [0, 0.1) is 0 Å². The van der Waals surface area contributed by atoms with E-state index in [2.05, 4.69) is 15.0 Å². The van der Waals surface area contributed by atoms with E-state index < -0.39 is 11.4 Å². The summed E-state index contributed by atoms with van der Waals surface area (Å²) >= 11 is 1.26. The average molecular weight is 417 g/mol. The van der Waals surface area contributed by atoms with Crippen LogP contribution in [-0.4, -0.2) is 44.5 Å². The summed E-state index contributed by atoms with van der Waals surface area (Å²) in [4.78, 5) is 40.4. The molecule has 0 aliphatic heterocycles. The van der Waals surface area contributed by atoms with Crippen molar-refractivity contribution < 1.29 is 9.90 Å². The minimum atomic E-state index is -1.26. The first kappa shape index (κ1) is 18.2. The van der Waals surface area contributed by atoms with Crippen molar-refractivity contribution in [3.63, 3.8) is 0 Å². The van der Waals surface area contributed by atoms with Gasteiger partial charge < -0.3 is 10.0 Å². The number of hydrogen-bond acceptors (Lipinski definition) is 7. The Labute approximate surface area is 173 Å². The molecular formula is C21H15N5O3S. The number of hydrogen-bond donors (Lipinski definition) is 1. The lowest BCUT2D eigenvalue weighted by Gasteiger charge is -2.12. The Morgan fingerprint density at radius 3 is 2.73 bits per heavy atom. The van der Waals surface area contributed by atoms with Crippen LogP contribution in [0.3, 0.4) is 0 Å². The number of anilines is 1. The second kappa shape index (κ2) is 6.60. The SMILES string of the molecule is CN(C)c1cc(-c2ncc3c(=O)c(C(=O)O)c4sc5ccccc5n4c3n2)ccn1. The van der Waals surface area contributed by atoms with Gasteiger partial charge in [0.15, 0.2) is 11.5 Å². The predicted molar refractivity (Wildman–Crippen MR) is 117 cm³/mol. The molecule has 0 saturated heterocycles. The van der Waals surface area contributed by atoms with Gasteiger partial charge in [-0.25, -0.2) is 19.7 Å². The number of fused-ring (bicyclic) bond motifs is 5. The van der Waals surface area contributed by atoms with E-state index in [1.807, 2.05) is 49.3 Å². The fourth-order valence-electron chi connectivity index (χ4n) is 3.43. The van der Waals surface area contributed by atoms with E-state index in [0.29, 0.717) is 16.3 Å². The van der Waals surface area contributed by atoms with Crippen molar-refractivity contribution in [2.24, 2.45) is 0 Å². The number of pyridine rings is 2. The van der Waals surface area contributed by atoms with E-state index in [4.69, 9.17) is 0 Å². The zero-order valence-corrected chi connectivity index (χ0v) is 16.8. The van der Waals surface area contributed by atoms with Crippen molar-refractivity contribution in [2.45, 2.75) is 0 Å². The zero-order valence-electron chi connectivity index (χ0n) is 16.0. The maximum absolute atomic E-state index is 13.0. The highest BCUT2D eigenvalue weighted by atomic mass is 32.1. The van der Waals surface area contributed by atoms with Crippen LogP contribution in [0.5, 0.6) is 0 Å². The van der Waals surface area contributed by atoms with Gasteiger partial charge in [0.05, 0.1) is 15.6 Å². The van der Waals surface area contributed by atoms with E-state index in [1.165, 1.54) is 17.5 Å². The van der Waals surface area contributed by atoms with Crippen molar-refractivity contribution in [1.82, 2.24) is 19.4 Å². The number of benzene rings is 1. The quantitative estimate of drug-likeness (QED) is 0.481. The molecule has 4 aromatic heterocycles. The van der Waals surface area contributed by atoms with Crippen LogP contribution in [0.4, 0.5) is 5.82 Å². The van der Waals surface area contributed by atoms with Crippen molar-refractivity contribution in [1.29, 1.82) is 0 Å². The van der Waals surface area contributed by atoms with Crippen LogP contribution in [0.15, 0.2) is 53.6 Å². The fraction of sp³-hybridized carbons (Fsp3) is 0.0952. The molecule has 0 atom stereocenters. The molecule has 0 radical (unpaired) electrons. The predicted octanol–water partition coefficient (Wildman–Crippen LogP) is 3.28. The van der Waals surface area contributed by atoms with Crippen LogP contribution < -0.4 is 10.3 Å². The molecule has 8 nitrogen and oxygen atoms in total. The van der Waals surface area contributed by atoms with E-state index >= 15 is 0 Å². The Morgan fingerprint density at radius 1 is 1.17 bits per heavy atom. The first-order chi connectivity index (χ1) is 14.5. The molecule has 148 valence electrons. The summed E-state index contributed by atoms with van der Waals surface area (Å²) in [6.07, 6.45) is 3.08. The first-order valence-electron chi connectivity index (χ1n) is 9.06. The van der Waals surface area contributed by atoms with Gasteiger partial charge in [0.1, 0.15) is 16.2 Å². The molecule has 0 fully saturated rings. The average Bonchev–Trinajstić information content (AvgIpc) is 3.12. The number of aromatic nitrogens is 4. The summed E-state index contributed by atoms with van der Waals surface area (Å²) in [6.45, 7) is 0. The van der Waals surface area contributed by atoms with Gasteiger partial charge in [0, 0.05) is 32.1 Å². The van der Waals surface area contributed by atoms with Crippen LogP contribution in [-0.2, 0) is 0 Å². The molecular weight excluding hydrogens is 402 g/mol. The maximum atomic E-state index is 13.0. The Kier molecular flexibility index (Phi) is 4.00. The number of nitrogens with zero attached hydrogens (tertiary/aromatic N) is 5. The molecule has 4 heterocycles. The lowest BCUT2D eigenvalue weighted by Crippen LogP contribution is -2.18. The van der Waals surface area contributed by atoms with Gasteiger partial charge >= 0.3 is 5.97 Å². The van der Waals surface area contributed by atoms with Gasteiger partial charge in [0.25, 0.3) is 0 Å². The number of para-hydroxylation sites is 1. The number of aromatic carboxylic acids is 1. The topological polar surface area (TPSA) is 101 Å². The van der Waals surface area contributed by atoms with Gasteiger partial charge in [-0.3, -0.25) is 9.20 Å². The third-order valence-corrected chi connectivity index (χ3v) is 6.00. The summed E-state index contributed by atoms with van der Waals surface area (Å²) < 4.78 is 2.60. The molecule has 5 aromatic rings. The standard InChI is InChI=1S/C21H15N5O3S/c1-25(2)15-9-11(7-8-22-15)18-23-10-12-17(27)16(21(28)29)20-26(19(12)24-18)13-5-3-4-6-14(13)30-20/h3-10H,1-2H3,(H,28,29). The van der Waals surface area contributed by atoms with E-state index in [-0.39, 0.29) is 10.9 Å². The van der Waals surface area contributed by atoms with Gasteiger partial charge in [-0.1, -0.05) is 12.1 Å². The third-order valence-electron chi connectivity index (χ3n) is 4.86. The number of carboxylic acids is 1. The van der Waals surface area contributed by atoms with Crippen LogP contribution in [0.25, 0.3) is 37.5 Å². The van der Waals surface area contributed by atoms with E-state index in [9.17, 15) is 14.7 Å². The van der Waals surface area contributed by atoms with Gasteiger partial charge in [0.2, 0.25) is 5.43 Å². The first-order valence-corrected chi connectivity index (χ1v) is 9.87. The Morgan fingerprint density at radius 2 is 1.97 bits per heavy atom. The lowest BCUT2D eigenvalue weighted by molar-refractivity contribution is 0.0697. The highest BCUT2D eigenvalue weighted by Crippen LogP contribution is 2.31. The molecule has 0 amide bonds. The Balaban J connectivity index is 1.91. The fourth-order valence-corrected chi connectivity index (χ4v) is 4.60. The van der Waals surface area contributed by atoms with Crippen LogP contribution in [0.1, 0.15) is 10.4 Å². The molecule has 9 heteroatoms. The number of rotatable bonds is 3. The van der Waals surface area contributed by atoms with Crippen molar-refractivity contribution in [2.75, 3.05) is 19.0 Å². The number of carboxylic acid groups (broad SMARTS) is 1. The molecule has 5 rings (SSSR count). The van der Waals surface area contributed by atoms with Crippen molar-refractivity contribution >= 4 is 49.2 Å². The van der Waals surface area contributed by atoms with E-state index in [1.54, 1.807) is 16.7 Å². The molecule has 0 aliphatic carbocycles. The maximum Gasteiger partial charge on any atom is 0.342 e. The molecule has 0 spiro atoms. The zero-order chi connectivity index (χ0) is 21.0. The molecule has 1 N–H and O–H groups in total. The largest absolute Gasteiger partial charge is 0.477 e. The van der Waals surface area contributed by atoms with Crippen molar-refractivity contribution in [3.05, 3.63) is 64.6 Å². The van der Waals surface area contributed by atoms with E-state index in [0.717, 1.165) is 21.6 Å². The molecule has 0 unspecified atom stereocenters. The van der Waals surface area contributed by atoms with Crippen LogP contribution in [0.2, 0.25) is 0 Å². The molecule has 0 saturated carbocycles. The van der Waals surface area contributed by atoms with Gasteiger partial charge in [-0.05, 0) is 24.3 Å². The van der Waals surface area contributed by atoms with Crippen LogP contribution >= 0.6 is 11.3 Å². The van der Waals surface area contributed by atoms with Crippen molar-refractivity contribution in [3.8, 4) is 11.4 Å². The lowest BCUT2D eigenvalue weighted by atomic mass is 10.2. The highest BCUT2D eigenvalue weighted by Gasteiger charge is 2.22. The Bertz CT molecular complexity index is 1540. The second-order valence-corrected chi connectivity index (χ2v) is 7.98. The summed E-state index contributed by atoms with van der Waals surface area (Å²) in [5, 5.41) is 9.87. The summed E-state index contributed by atoms with van der Waals surface area (Å²) in [7, 11) is 3.78. The monoisotopic (exact) mass is 417 g/mol. The van der Waals surface area contributed by atoms with Gasteiger partial charge in [-0.15, -0.1) is 11.3 Å². The molecule has 1 aromatic carbocycles. The normalized spacial score (nSPS) is 11.4. The number of thiazole rings is 1. The summed E-state index contributed by atoms with van der Waals surface area (Å²) in [5.74, 6) is -0.0833. The highest BCUT2D eigenvalue weighted by molar-refractivity contribution is 7.24. The van der Waals surface area contributed by atoms with Gasteiger partial charge in [-0.2, -0.15) is 0 Å². The minimum Gasteiger partial charge on any atom is -0.477 e. The molecule has 30 heavy (non-hydrogen) atoms. The molecule has 0 aliphatic rings. The minimum absolute atomic E-state index is 0.166. The molecule has 0 bridgehead atoms. The summed E-state index contributed by atoms with van der Waals surface area (Å²) in [6, 6.07) is 11.2. The number of carbonyl (C=O) groups is 1. The smallest absolute Gasteiger partial charge is 0.342 e. The Hall–Kier alpha value is -3.85. The third kappa shape index (κ3) is 2.63.